The summed E-state index contributed by atoms with van der Waals surface area (Å²) in [5.74, 6) is -1.45. The zero-order valence-corrected chi connectivity index (χ0v) is 18.2. The molecule has 1 saturated heterocycles. The highest BCUT2D eigenvalue weighted by molar-refractivity contribution is 7.94. The molecule has 2 heterocycles. The molecule has 2 aliphatic heterocycles. The molecule has 1 amide bonds. The molecule has 1 fully saturated rings. The lowest BCUT2D eigenvalue weighted by atomic mass is 10.2. The third-order valence-corrected chi connectivity index (χ3v) is 8.94. The van der Waals surface area contributed by atoms with Gasteiger partial charge in [0.05, 0.1) is 29.7 Å². The number of ether oxygens (including phenoxy) is 1. The van der Waals surface area contributed by atoms with Crippen molar-refractivity contribution < 1.29 is 26.4 Å². The number of rotatable bonds is 5. The molecular weight excluding hydrogens is 428 g/mol. The van der Waals surface area contributed by atoms with Gasteiger partial charge in [0.25, 0.3) is 10.0 Å². The number of benzene rings is 2. The van der Waals surface area contributed by atoms with Crippen molar-refractivity contribution in [3.8, 4) is 5.75 Å². The highest BCUT2D eigenvalue weighted by atomic mass is 32.2. The zero-order valence-electron chi connectivity index (χ0n) is 16.6. The molecule has 1 unspecified atom stereocenters. The van der Waals surface area contributed by atoms with Crippen molar-refractivity contribution in [1.29, 1.82) is 0 Å². The molecule has 160 valence electrons. The number of nitrogens with zero attached hydrogens (tertiary/aromatic N) is 2. The van der Waals surface area contributed by atoms with E-state index in [0.717, 1.165) is 5.56 Å². The van der Waals surface area contributed by atoms with Crippen molar-refractivity contribution in [3.05, 3.63) is 48.0 Å². The van der Waals surface area contributed by atoms with E-state index in [1.54, 1.807) is 19.1 Å². The second-order valence-electron chi connectivity index (χ2n) is 7.30. The average molecular weight is 451 g/mol. The van der Waals surface area contributed by atoms with Crippen LogP contribution in [0.5, 0.6) is 5.75 Å². The maximum atomic E-state index is 13.6. The Labute approximate surface area is 176 Å². The molecule has 0 radical (unpaired) electrons. The van der Waals surface area contributed by atoms with Crippen molar-refractivity contribution in [3.63, 3.8) is 0 Å². The molecule has 0 saturated carbocycles. The standard InChI is InChI=1S/C20H22N2O6S2/c1-3-28-18-9-8-16(22-20(23)14(2)13-29(22,24)25)12-19(18)30(26,27)21-11-10-15-6-4-5-7-17(15)21/h4-9,12,14H,3,10-11,13H2,1-2H3. The van der Waals surface area contributed by atoms with Crippen LogP contribution in [0.1, 0.15) is 19.4 Å². The Morgan fingerprint density at radius 1 is 1.17 bits per heavy atom. The minimum absolute atomic E-state index is 0.00106. The van der Waals surface area contributed by atoms with Gasteiger partial charge in [-0.25, -0.2) is 21.1 Å². The first-order valence-electron chi connectivity index (χ1n) is 9.61. The second-order valence-corrected chi connectivity index (χ2v) is 11.0. The number of para-hydroxylation sites is 1. The molecule has 2 aliphatic rings. The maximum Gasteiger partial charge on any atom is 0.268 e. The number of amides is 1. The van der Waals surface area contributed by atoms with Gasteiger partial charge in [0.1, 0.15) is 10.6 Å². The molecule has 10 heteroatoms. The summed E-state index contributed by atoms with van der Waals surface area (Å²) in [6.07, 6.45) is 0.579. The van der Waals surface area contributed by atoms with Gasteiger partial charge in [0.2, 0.25) is 15.9 Å². The van der Waals surface area contributed by atoms with E-state index in [0.29, 0.717) is 16.4 Å². The van der Waals surface area contributed by atoms with Gasteiger partial charge >= 0.3 is 0 Å². The van der Waals surface area contributed by atoms with Crippen molar-refractivity contribution in [1.82, 2.24) is 0 Å². The summed E-state index contributed by atoms with van der Waals surface area (Å²) in [6, 6.07) is 11.3. The van der Waals surface area contributed by atoms with Gasteiger partial charge in [0.15, 0.2) is 0 Å². The number of hydrogen-bond donors (Lipinski definition) is 0. The van der Waals surface area contributed by atoms with Crippen LogP contribution in [0.4, 0.5) is 11.4 Å². The van der Waals surface area contributed by atoms with E-state index in [4.69, 9.17) is 4.74 Å². The Balaban J connectivity index is 1.85. The maximum absolute atomic E-state index is 13.6. The monoisotopic (exact) mass is 450 g/mol. The van der Waals surface area contributed by atoms with E-state index in [2.05, 4.69) is 0 Å². The molecule has 4 rings (SSSR count). The Morgan fingerprint density at radius 3 is 2.57 bits per heavy atom. The summed E-state index contributed by atoms with van der Waals surface area (Å²) in [5, 5.41) is 0. The molecule has 2 aromatic carbocycles. The van der Waals surface area contributed by atoms with Gasteiger partial charge in [-0.2, -0.15) is 0 Å². The fraction of sp³-hybridized carbons (Fsp3) is 0.350. The Hall–Kier alpha value is -2.59. The smallest absolute Gasteiger partial charge is 0.268 e. The molecule has 0 bridgehead atoms. The van der Waals surface area contributed by atoms with E-state index in [1.165, 1.54) is 29.4 Å². The number of carbonyl (C=O) groups excluding carboxylic acids is 1. The van der Waals surface area contributed by atoms with Crippen molar-refractivity contribution >= 4 is 37.3 Å². The third-order valence-electron chi connectivity index (χ3n) is 5.23. The van der Waals surface area contributed by atoms with Crippen LogP contribution in [0.15, 0.2) is 47.4 Å². The number of anilines is 2. The molecule has 2 aromatic rings. The van der Waals surface area contributed by atoms with E-state index in [-0.39, 0.29) is 35.2 Å². The first-order chi connectivity index (χ1) is 14.2. The number of sulfonamides is 2. The van der Waals surface area contributed by atoms with Gasteiger partial charge in [-0.05, 0) is 43.2 Å². The minimum atomic E-state index is -4.05. The normalized spacial score (nSPS) is 20.5. The molecule has 0 N–H and O–H groups in total. The van der Waals surface area contributed by atoms with Crippen molar-refractivity contribution in [2.45, 2.75) is 25.2 Å². The quantitative estimate of drug-likeness (QED) is 0.692. The summed E-state index contributed by atoms with van der Waals surface area (Å²) < 4.78 is 59.6. The van der Waals surface area contributed by atoms with Crippen molar-refractivity contribution in [2.75, 3.05) is 27.5 Å². The highest BCUT2D eigenvalue weighted by Crippen LogP contribution is 2.39. The van der Waals surface area contributed by atoms with E-state index >= 15 is 0 Å². The summed E-state index contributed by atoms with van der Waals surface area (Å²) in [6.45, 7) is 3.77. The average Bonchev–Trinajstić information content (AvgIpc) is 3.21. The lowest BCUT2D eigenvalue weighted by Crippen LogP contribution is -2.32. The summed E-state index contributed by atoms with van der Waals surface area (Å²) in [4.78, 5) is 12.3. The predicted octanol–water partition coefficient (Wildman–Crippen LogP) is 2.15. The van der Waals surface area contributed by atoms with Crippen LogP contribution < -0.4 is 13.3 Å². The molecule has 0 spiro atoms. The van der Waals surface area contributed by atoms with Crippen LogP contribution in [-0.4, -0.2) is 41.6 Å². The fourth-order valence-corrected chi connectivity index (χ4v) is 7.33. The first kappa shape index (κ1) is 20.7. The Morgan fingerprint density at radius 2 is 1.90 bits per heavy atom. The second kappa shape index (κ2) is 7.28. The molecule has 30 heavy (non-hydrogen) atoms. The van der Waals surface area contributed by atoms with Crippen LogP contribution in [0.3, 0.4) is 0 Å². The number of fused-ring (bicyclic) bond motifs is 1. The van der Waals surface area contributed by atoms with Gasteiger partial charge in [-0.3, -0.25) is 9.10 Å². The van der Waals surface area contributed by atoms with E-state index in [9.17, 15) is 21.6 Å². The number of carbonyl (C=O) groups is 1. The lowest BCUT2D eigenvalue weighted by Gasteiger charge is -2.23. The third kappa shape index (κ3) is 3.24. The van der Waals surface area contributed by atoms with Crippen LogP contribution >= 0.6 is 0 Å². The minimum Gasteiger partial charge on any atom is -0.492 e. The first-order valence-corrected chi connectivity index (χ1v) is 12.7. The zero-order chi connectivity index (χ0) is 21.7. The van der Waals surface area contributed by atoms with Crippen LogP contribution in [0.25, 0.3) is 0 Å². The topological polar surface area (TPSA) is 101 Å². The molecule has 1 atom stereocenters. The van der Waals surface area contributed by atoms with E-state index in [1.807, 2.05) is 12.1 Å². The van der Waals surface area contributed by atoms with E-state index < -0.39 is 31.9 Å². The lowest BCUT2D eigenvalue weighted by molar-refractivity contribution is -0.119. The predicted molar refractivity (Wildman–Crippen MR) is 113 cm³/mol. The molecular formula is C20H22N2O6S2. The fourth-order valence-electron chi connectivity index (χ4n) is 3.86. The van der Waals surface area contributed by atoms with Crippen LogP contribution in [0, 0.1) is 5.92 Å². The summed E-state index contributed by atoms with van der Waals surface area (Å²) >= 11 is 0. The Bertz CT molecular complexity index is 1220. The van der Waals surface area contributed by atoms with Gasteiger partial charge in [-0.15, -0.1) is 0 Å². The highest BCUT2D eigenvalue weighted by Gasteiger charge is 2.43. The number of hydrogen-bond acceptors (Lipinski definition) is 6. The molecule has 0 aliphatic carbocycles. The largest absolute Gasteiger partial charge is 0.492 e. The summed E-state index contributed by atoms with van der Waals surface area (Å²) in [7, 11) is -7.91. The van der Waals surface area contributed by atoms with Crippen LogP contribution in [-0.2, 0) is 31.3 Å². The SMILES string of the molecule is CCOc1ccc(N2C(=O)C(C)CS2(=O)=O)cc1S(=O)(=O)N1CCc2ccccc21. The van der Waals surface area contributed by atoms with Crippen LogP contribution in [0.2, 0.25) is 0 Å². The van der Waals surface area contributed by atoms with Crippen molar-refractivity contribution in [2.24, 2.45) is 5.92 Å². The molecule has 8 nitrogen and oxygen atoms in total. The Kier molecular flexibility index (Phi) is 5.01. The van der Waals surface area contributed by atoms with Gasteiger partial charge < -0.3 is 4.74 Å². The van der Waals surface area contributed by atoms with Gasteiger partial charge in [-0.1, -0.05) is 25.1 Å². The summed E-state index contributed by atoms with van der Waals surface area (Å²) in [5.41, 5.74) is 1.50. The van der Waals surface area contributed by atoms with Gasteiger partial charge in [0, 0.05) is 6.54 Å². The molecule has 0 aromatic heterocycles.